The first-order chi connectivity index (χ1) is 11.8. The van der Waals surface area contributed by atoms with E-state index in [9.17, 15) is 22.4 Å². The van der Waals surface area contributed by atoms with E-state index in [4.69, 9.17) is 0 Å². The molecule has 6 nitrogen and oxygen atoms in total. The number of carbonyl (C=O) groups is 2. The molecule has 0 saturated heterocycles. The molecule has 132 valence electrons. The number of nitrogens with one attached hydrogen (secondary N) is 2. The average molecular weight is 364 g/mol. The molecule has 0 heterocycles. The van der Waals surface area contributed by atoms with Crippen LogP contribution in [0.25, 0.3) is 0 Å². The lowest BCUT2D eigenvalue weighted by molar-refractivity contribution is -0.121. The fraction of sp³-hybridized carbons (Fsp3) is 0.176. The number of rotatable bonds is 5. The van der Waals surface area contributed by atoms with E-state index >= 15 is 0 Å². The van der Waals surface area contributed by atoms with E-state index in [-0.39, 0.29) is 22.7 Å². The number of hydrazine groups is 1. The predicted octanol–water partition coefficient (Wildman–Crippen LogP) is 1.62. The Morgan fingerprint density at radius 2 is 1.76 bits per heavy atom. The van der Waals surface area contributed by atoms with Crippen molar-refractivity contribution in [2.45, 2.75) is 17.7 Å². The molecule has 2 aromatic rings. The van der Waals surface area contributed by atoms with Crippen LogP contribution in [0.4, 0.5) is 4.39 Å². The van der Waals surface area contributed by atoms with Crippen LogP contribution in [0.5, 0.6) is 0 Å². The molecule has 2 aromatic carbocycles. The normalized spacial score (nSPS) is 11.0. The minimum Gasteiger partial charge on any atom is -0.273 e. The van der Waals surface area contributed by atoms with Gasteiger partial charge >= 0.3 is 0 Å². The zero-order valence-electron chi connectivity index (χ0n) is 13.5. The smallest absolute Gasteiger partial charge is 0.269 e. The van der Waals surface area contributed by atoms with E-state index in [1.807, 2.05) is 0 Å². The summed E-state index contributed by atoms with van der Waals surface area (Å²) in [5.41, 5.74) is 5.23. The number of sulfone groups is 1. The van der Waals surface area contributed by atoms with Crippen LogP contribution < -0.4 is 10.9 Å². The van der Waals surface area contributed by atoms with E-state index in [2.05, 4.69) is 10.9 Å². The van der Waals surface area contributed by atoms with Crippen LogP contribution in [0, 0.1) is 5.82 Å². The molecule has 0 atom stereocenters. The van der Waals surface area contributed by atoms with Crippen LogP contribution in [0.15, 0.2) is 53.4 Å². The first-order valence-electron chi connectivity index (χ1n) is 7.39. The predicted molar refractivity (Wildman–Crippen MR) is 89.9 cm³/mol. The maximum Gasteiger partial charge on any atom is 0.269 e. The van der Waals surface area contributed by atoms with Crippen LogP contribution in [-0.2, 0) is 21.1 Å². The summed E-state index contributed by atoms with van der Waals surface area (Å²) in [6.07, 6.45) is 1.42. The van der Waals surface area contributed by atoms with E-state index in [0.29, 0.717) is 12.0 Å². The number of hydrogen-bond donors (Lipinski definition) is 2. The van der Waals surface area contributed by atoms with Gasteiger partial charge in [0.2, 0.25) is 5.91 Å². The summed E-state index contributed by atoms with van der Waals surface area (Å²) in [5, 5.41) is 0. The summed E-state index contributed by atoms with van der Waals surface area (Å²) in [5.74, 6) is -1.46. The maximum absolute atomic E-state index is 13.0. The van der Waals surface area contributed by atoms with Gasteiger partial charge < -0.3 is 0 Å². The molecule has 2 N–H and O–H groups in total. The third-order valence-electron chi connectivity index (χ3n) is 3.37. The third-order valence-corrected chi connectivity index (χ3v) is 4.48. The summed E-state index contributed by atoms with van der Waals surface area (Å²) in [4.78, 5) is 23.7. The molecule has 0 saturated carbocycles. The zero-order valence-corrected chi connectivity index (χ0v) is 14.3. The summed E-state index contributed by atoms with van der Waals surface area (Å²) in [6.45, 7) is 0. The monoisotopic (exact) mass is 364 g/mol. The Morgan fingerprint density at radius 1 is 1.04 bits per heavy atom. The molecule has 0 aromatic heterocycles. The van der Waals surface area contributed by atoms with Crippen molar-refractivity contribution in [3.05, 3.63) is 65.5 Å². The minimum absolute atomic E-state index is 0.0116. The van der Waals surface area contributed by atoms with Gasteiger partial charge in [-0.1, -0.05) is 18.2 Å². The van der Waals surface area contributed by atoms with Gasteiger partial charge in [-0.2, -0.15) is 0 Å². The Bertz CT molecular complexity index is 897. The molecule has 0 unspecified atom stereocenters. The second-order valence-electron chi connectivity index (χ2n) is 5.43. The van der Waals surface area contributed by atoms with Crippen LogP contribution >= 0.6 is 0 Å². The first kappa shape index (κ1) is 18.6. The first-order valence-corrected chi connectivity index (χ1v) is 9.28. The highest BCUT2D eigenvalue weighted by Crippen LogP contribution is 2.11. The Kier molecular flexibility index (Phi) is 5.87. The standard InChI is InChI=1S/C17H17FN2O4S/c1-25(23,24)15-7-3-5-13(11-15)17(22)20-19-16(21)9-8-12-4-2-6-14(18)10-12/h2-7,10-11H,8-9H2,1H3,(H,19,21)(H,20,22). The highest BCUT2D eigenvalue weighted by Gasteiger charge is 2.12. The highest BCUT2D eigenvalue weighted by molar-refractivity contribution is 7.90. The average Bonchev–Trinajstić information content (AvgIpc) is 2.57. The molecule has 0 bridgehead atoms. The number of halogens is 1. The zero-order chi connectivity index (χ0) is 18.4. The van der Waals surface area contributed by atoms with Gasteiger partial charge in [-0.15, -0.1) is 0 Å². The summed E-state index contributed by atoms with van der Waals surface area (Å²) >= 11 is 0. The maximum atomic E-state index is 13.0. The van der Waals surface area contributed by atoms with Crippen LogP contribution in [-0.4, -0.2) is 26.5 Å². The van der Waals surface area contributed by atoms with Crippen molar-refractivity contribution < 1.29 is 22.4 Å². The van der Waals surface area contributed by atoms with Crippen molar-refractivity contribution in [1.82, 2.24) is 10.9 Å². The number of benzene rings is 2. The molecule has 2 amide bonds. The molecule has 8 heteroatoms. The molecule has 25 heavy (non-hydrogen) atoms. The van der Waals surface area contributed by atoms with Gasteiger partial charge in [0, 0.05) is 18.2 Å². The van der Waals surface area contributed by atoms with Crippen molar-refractivity contribution >= 4 is 21.7 Å². The Hall–Kier alpha value is -2.74. The second kappa shape index (κ2) is 7.89. The molecule has 0 radical (unpaired) electrons. The van der Waals surface area contributed by atoms with Gasteiger partial charge in [0.15, 0.2) is 9.84 Å². The number of amides is 2. The third kappa shape index (κ3) is 5.68. The molecular formula is C17H17FN2O4S. The van der Waals surface area contributed by atoms with Crippen molar-refractivity contribution in [3.8, 4) is 0 Å². The topological polar surface area (TPSA) is 92.3 Å². The summed E-state index contributed by atoms with van der Waals surface area (Å²) in [6, 6.07) is 11.4. The van der Waals surface area contributed by atoms with Gasteiger partial charge in [-0.05, 0) is 42.3 Å². The van der Waals surface area contributed by atoms with Crippen LogP contribution in [0.2, 0.25) is 0 Å². The molecule has 0 fully saturated rings. The van der Waals surface area contributed by atoms with E-state index < -0.39 is 21.7 Å². The SMILES string of the molecule is CS(=O)(=O)c1cccc(C(=O)NNC(=O)CCc2cccc(F)c2)c1. The second-order valence-corrected chi connectivity index (χ2v) is 7.45. The van der Waals surface area contributed by atoms with Crippen molar-refractivity contribution in [2.24, 2.45) is 0 Å². The molecule has 0 aliphatic rings. The van der Waals surface area contributed by atoms with E-state index in [1.54, 1.807) is 12.1 Å². The Morgan fingerprint density at radius 3 is 2.44 bits per heavy atom. The lowest BCUT2D eigenvalue weighted by Gasteiger charge is -2.08. The van der Waals surface area contributed by atoms with Crippen molar-refractivity contribution in [2.75, 3.05) is 6.26 Å². The number of aryl methyl sites for hydroxylation is 1. The Balaban J connectivity index is 1.88. The van der Waals surface area contributed by atoms with Gasteiger partial charge in [0.05, 0.1) is 4.90 Å². The van der Waals surface area contributed by atoms with E-state index in [1.165, 1.54) is 36.4 Å². The summed E-state index contributed by atoms with van der Waals surface area (Å²) in [7, 11) is -3.43. The number of carbonyl (C=O) groups excluding carboxylic acids is 2. The molecule has 0 spiro atoms. The minimum atomic E-state index is -3.43. The van der Waals surface area contributed by atoms with Gasteiger partial charge in [-0.3, -0.25) is 20.4 Å². The number of hydrogen-bond acceptors (Lipinski definition) is 4. The molecular weight excluding hydrogens is 347 g/mol. The Labute approximate surface area is 144 Å². The van der Waals surface area contributed by atoms with Gasteiger partial charge in [0.25, 0.3) is 5.91 Å². The molecule has 2 rings (SSSR count). The quantitative estimate of drug-likeness (QED) is 0.789. The largest absolute Gasteiger partial charge is 0.273 e. The fourth-order valence-corrected chi connectivity index (χ4v) is 2.75. The lowest BCUT2D eigenvalue weighted by Crippen LogP contribution is -2.41. The highest BCUT2D eigenvalue weighted by atomic mass is 32.2. The van der Waals surface area contributed by atoms with Gasteiger partial charge in [0.1, 0.15) is 5.82 Å². The van der Waals surface area contributed by atoms with Crippen LogP contribution in [0.1, 0.15) is 22.3 Å². The molecule has 0 aliphatic carbocycles. The van der Waals surface area contributed by atoms with Crippen molar-refractivity contribution in [3.63, 3.8) is 0 Å². The fourth-order valence-electron chi connectivity index (χ4n) is 2.08. The summed E-state index contributed by atoms with van der Waals surface area (Å²) < 4.78 is 36.0. The van der Waals surface area contributed by atoms with Crippen molar-refractivity contribution in [1.29, 1.82) is 0 Å². The lowest BCUT2D eigenvalue weighted by atomic mass is 10.1. The van der Waals surface area contributed by atoms with E-state index in [0.717, 1.165) is 6.26 Å². The van der Waals surface area contributed by atoms with Crippen LogP contribution in [0.3, 0.4) is 0 Å². The van der Waals surface area contributed by atoms with Gasteiger partial charge in [-0.25, -0.2) is 12.8 Å². The molecule has 0 aliphatic heterocycles.